The van der Waals surface area contributed by atoms with E-state index in [1.54, 1.807) is 36.2 Å². The van der Waals surface area contributed by atoms with Crippen molar-refractivity contribution in [1.82, 2.24) is 10.2 Å². The summed E-state index contributed by atoms with van der Waals surface area (Å²) in [6, 6.07) is 24.7. The quantitative estimate of drug-likeness (QED) is 0.705. The molecule has 0 fully saturated rings. The summed E-state index contributed by atoms with van der Waals surface area (Å²) in [4.78, 5) is 26.6. The van der Waals surface area contributed by atoms with E-state index in [-0.39, 0.29) is 11.8 Å². The zero-order chi connectivity index (χ0) is 19.9. The second-order valence-corrected chi connectivity index (χ2v) is 6.90. The molecule has 4 nitrogen and oxygen atoms in total. The van der Waals surface area contributed by atoms with Gasteiger partial charge in [-0.15, -0.1) is 0 Å². The second kappa shape index (κ2) is 9.00. The Hall–Kier alpha value is -3.40. The van der Waals surface area contributed by atoms with Gasteiger partial charge in [-0.25, -0.2) is 0 Å². The van der Waals surface area contributed by atoms with Gasteiger partial charge in [0, 0.05) is 31.3 Å². The van der Waals surface area contributed by atoms with Gasteiger partial charge in [0.25, 0.3) is 11.8 Å². The summed E-state index contributed by atoms with van der Waals surface area (Å²) in [5, 5.41) is 2.91. The van der Waals surface area contributed by atoms with E-state index >= 15 is 0 Å². The highest BCUT2D eigenvalue weighted by Gasteiger charge is 2.13. The highest BCUT2D eigenvalue weighted by molar-refractivity contribution is 5.97. The summed E-state index contributed by atoms with van der Waals surface area (Å²) in [5.74, 6) is -0.228. The van der Waals surface area contributed by atoms with Crippen LogP contribution < -0.4 is 5.32 Å². The van der Waals surface area contributed by atoms with Crippen LogP contribution in [-0.2, 0) is 13.1 Å². The van der Waals surface area contributed by atoms with Crippen molar-refractivity contribution >= 4 is 11.8 Å². The van der Waals surface area contributed by atoms with E-state index in [2.05, 4.69) is 5.32 Å². The van der Waals surface area contributed by atoms with E-state index in [1.807, 2.05) is 61.5 Å². The Morgan fingerprint density at radius 2 is 1.46 bits per heavy atom. The van der Waals surface area contributed by atoms with Crippen molar-refractivity contribution in [2.45, 2.75) is 20.0 Å². The molecular weight excluding hydrogens is 348 g/mol. The molecule has 1 N–H and O–H groups in total. The topological polar surface area (TPSA) is 49.4 Å². The van der Waals surface area contributed by atoms with Crippen LogP contribution in [-0.4, -0.2) is 23.8 Å². The van der Waals surface area contributed by atoms with Crippen LogP contribution in [0.5, 0.6) is 0 Å². The monoisotopic (exact) mass is 372 g/mol. The van der Waals surface area contributed by atoms with E-state index in [0.717, 1.165) is 16.7 Å². The van der Waals surface area contributed by atoms with Crippen LogP contribution >= 0.6 is 0 Å². The van der Waals surface area contributed by atoms with Crippen LogP contribution in [0.2, 0.25) is 0 Å². The molecule has 28 heavy (non-hydrogen) atoms. The first-order valence-electron chi connectivity index (χ1n) is 9.26. The Morgan fingerprint density at radius 3 is 2.14 bits per heavy atom. The van der Waals surface area contributed by atoms with Gasteiger partial charge in [0.05, 0.1) is 0 Å². The minimum absolute atomic E-state index is 0.0735. The SMILES string of the molecule is Cc1cccc(CNC(=O)c2ccc(C(=O)N(C)Cc3ccccc3)cc2)c1. The molecule has 2 amide bonds. The number of benzene rings is 3. The highest BCUT2D eigenvalue weighted by atomic mass is 16.2. The summed E-state index contributed by atoms with van der Waals surface area (Å²) < 4.78 is 0. The minimum Gasteiger partial charge on any atom is -0.348 e. The molecule has 142 valence electrons. The van der Waals surface area contributed by atoms with Gasteiger partial charge in [-0.3, -0.25) is 9.59 Å². The normalized spacial score (nSPS) is 10.4. The number of carbonyl (C=O) groups is 2. The van der Waals surface area contributed by atoms with Gasteiger partial charge in [-0.05, 0) is 42.3 Å². The summed E-state index contributed by atoms with van der Waals surface area (Å²) in [7, 11) is 1.78. The standard InChI is InChI=1S/C24H24N2O2/c1-18-7-6-10-20(15-18)16-25-23(27)21-11-13-22(14-12-21)24(28)26(2)17-19-8-4-3-5-9-19/h3-15H,16-17H2,1-2H3,(H,25,27). The molecule has 0 unspecified atom stereocenters. The minimum atomic E-state index is -0.154. The lowest BCUT2D eigenvalue weighted by atomic mass is 10.1. The Balaban J connectivity index is 1.59. The van der Waals surface area contributed by atoms with Gasteiger partial charge in [-0.1, -0.05) is 60.2 Å². The number of amides is 2. The molecule has 0 saturated carbocycles. The highest BCUT2D eigenvalue weighted by Crippen LogP contribution is 2.11. The summed E-state index contributed by atoms with van der Waals surface area (Å²) >= 11 is 0. The van der Waals surface area contributed by atoms with Crippen molar-refractivity contribution in [2.24, 2.45) is 0 Å². The number of hydrogen-bond acceptors (Lipinski definition) is 2. The predicted molar refractivity (Wildman–Crippen MR) is 111 cm³/mol. The third-order valence-corrected chi connectivity index (χ3v) is 4.54. The van der Waals surface area contributed by atoms with E-state index in [0.29, 0.717) is 24.2 Å². The molecule has 0 aromatic heterocycles. The number of hydrogen-bond donors (Lipinski definition) is 1. The Morgan fingerprint density at radius 1 is 0.821 bits per heavy atom. The predicted octanol–water partition coefficient (Wildman–Crippen LogP) is 4.20. The molecule has 3 aromatic carbocycles. The molecule has 3 aromatic rings. The zero-order valence-corrected chi connectivity index (χ0v) is 16.2. The number of carbonyl (C=O) groups excluding carboxylic acids is 2. The van der Waals surface area contributed by atoms with Crippen LogP contribution in [0.4, 0.5) is 0 Å². The molecule has 3 rings (SSSR count). The molecule has 0 atom stereocenters. The fraction of sp³-hybridized carbons (Fsp3) is 0.167. The zero-order valence-electron chi connectivity index (χ0n) is 16.2. The van der Waals surface area contributed by atoms with Gasteiger partial charge in [0.2, 0.25) is 0 Å². The molecule has 0 aliphatic carbocycles. The molecule has 0 radical (unpaired) electrons. The third-order valence-electron chi connectivity index (χ3n) is 4.54. The fourth-order valence-electron chi connectivity index (χ4n) is 3.02. The van der Waals surface area contributed by atoms with Crippen molar-refractivity contribution in [3.8, 4) is 0 Å². The van der Waals surface area contributed by atoms with Gasteiger partial charge >= 0.3 is 0 Å². The van der Waals surface area contributed by atoms with E-state index in [9.17, 15) is 9.59 Å². The van der Waals surface area contributed by atoms with Gasteiger partial charge in [-0.2, -0.15) is 0 Å². The number of nitrogens with one attached hydrogen (secondary N) is 1. The lowest BCUT2D eigenvalue weighted by Crippen LogP contribution is -2.26. The maximum Gasteiger partial charge on any atom is 0.253 e. The van der Waals surface area contributed by atoms with Crippen LogP contribution in [0.3, 0.4) is 0 Å². The molecule has 0 saturated heterocycles. The van der Waals surface area contributed by atoms with Crippen molar-refractivity contribution in [2.75, 3.05) is 7.05 Å². The number of rotatable bonds is 6. The number of aryl methyl sites for hydroxylation is 1. The Kier molecular flexibility index (Phi) is 6.22. The Bertz CT molecular complexity index is 950. The van der Waals surface area contributed by atoms with Crippen LogP contribution in [0.15, 0.2) is 78.9 Å². The van der Waals surface area contributed by atoms with Crippen molar-refractivity contribution in [3.63, 3.8) is 0 Å². The molecule has 0 aliphatic rings. The van der Waals surface area contributed by atoms with E-state index in [1.165, 1.54) is 0 Å². The average molecular weight is 372 g/mol. The first-order valence-corrected chi connectivity index (χ1v) is 9.26. The second-order valence-electron chi connectivity index (χ2n) is 6.90. The molecule has 0 aliphatic heterocycles. The number of nitrogens with zero attached hydrogens (tertiary/aromatic N) is 1. The summed E-state index contributed by atoms with van der Waals surface area (Å²) in [5.41, 5.74) is 4.39. The molecular formula is C24H24N2O2. The summed E-state index contributed by atoms with van der Waals surface area (Å²) in [6.07, 6.45) is 0. The molecule has 0 bridgehead atoms. The third kappa shape index (κ3) is 5.07. The molecule has 4 heteroatoms. The summed E-state index contributed by atoms with van der Waals surface area (Å²) in [6.45, 7) is 3.04. The van der Waals surface area contributed by atoms with Gasteiger partial charge in [0.15, 0.2) is 0 Å². The fourth-order valence-corrected chi connectivity index (χ4v) is 3.02. The molecule has 0 spiro atoms. The Labute approximate surface area is 165 Å². The first kappa shape index (κ1) is 19.4. The molecule has 0 heterocycles. The van der Waals surface area contributed by atoms with Gasteiger partial charge < -0.3 is 10.2 Å². The van der Waals surface area contributed by atoms with E-state index in [4.69, 9.17) is 0 Å². The first-order chi connectivity index (χ1) is 13.5. The van der Waals surface area contributed by atoms with Gasteiger partial charge in [0.1, 0.15) is 0 Å². The van der Waals surface area contributed by atoms with Crippen molar-refractivity contribution < 1.29 is 9.59 Å². The lowest BCUT2D eigenvalue weighted by Gasteiger charge is -2.17. The van der Waals surface area contributed by atoms with E-state index < -0.39 is 0 Å². The van der Waals surface area contributed by atoms with Crippen molar-refractivity contribution in [1.29, 1.82) is 0 Å². The van der Waals surface area contributed by atoms with Crippen LogP contribution in [0.25, 0.3) is 0 Å². The van der Waals surface area contributed by atoms with Crippen LogP contribution in [0.1, 0.15) is 37.4 Å². The maximum atomic E-state index is 12.6. The largest absolute Gasteiger partial charge is 0.348 e. The maximum absolute atomic E-state index is 12.6. The van der Waals surface area contributed by atoms with Crippen molar-refractivity contribution in [3.05, 3.63) is 107 Å². The average Bonchev–Trinajstić information content (AvgIpc) is 2.72. The lowest BCUT2D eigenvalue weighted by molar-refractivity contribution is 0.0784. The van der Waals surface area contributed by atoms with Crippen LogP contribution in [0, 0.1) is 6.92 Å². The smallest absolute Gasteiger partial charge is 0.253 e.